The lowest BCUT2D eigenvalue weighted by atomic mass is 10.0. The molecule has 2 aliphatic heterocycles. The van der Waals surface area contributed by atoms with Crippen LogP contribution in [0.5, 0.6) is 0 Å². The highest BCUT2D eigenvalue weighted by Gasteiger charge is 2.64. The van der Waals surface area contributed by atoms with E-state index in [1.165, 1.54) is 6.92 Å². The molecule has 0 spiro atoms. The Morgan fingerprint density at radius 3 is 2.59 bits per heavy atom. The summed E-state index contributed by atoms with van der Waals surface area (Å²) in [6.45, 7) is 9.91. The van der Waals surface area contributed by atoms with Gasteiger partial charge in [0.15, 0.2) is 17.9 Å². The zero-order valence-corrected chi connectivity index (χ0v) is 29.9. The number of amides is 2. The van der Waals surface area contributed by atoms with Crippen LogP contribution in [0.15, 0.2) is 41.3 Å². The molecule has 1 aromatic carbocycles. The third kappa shape index (κ3) is 6.51. The predicted molar refractivity (Wildman–Crippen MR) is 186 cm³/mol. The molecule has 1 saturated carbocycles. The molecule has 4 aromatic rings. The van der Waals surface area contributed by atoms with E-state index in [2.05, 4.69) is 48.2 Å². The average Bonchev–Trinajstić information content (AvgIpc) is 3.42. The number of carbonyl (C=O) groups excluding carboxylic acids is 3. The summed E-state index contributed by atoms with van der Waals surface area (Å²) in [5, 5.41) is 8.24. The highest BCUT2D eigenvalue weighted by Crippen LogP contribution is 2.59. The maximum absolute atomic E-state index is 14.1. The van der Waals surface area contributed by atoms with E-state index in [9.17, 15) is 14.4 Å². The van der Waals surface area contributed by atoms with Crippen LogP contribution in [0, 0.1) is 19.3 Å². The summed E-state index contributed by atoms with van der Waals surface area (Å²) in [6, 6.07) is 6.91. The van der Waals surface area contributed by atoms with Crippen LogP contribution >= 0.6 is 15.9 Å². The van der Waals surface area contributed by atoms with Gasteiger partial charge in [-0.1, -0.05) is 13.0 Å². The van der Waals surface area contributed by atoms with Crippen molar-refractivity contribution in [1.29, 1.82) is 0 Å². The minimum atomic E-state index is -0.635. The van der Waals surface area contributed by atoms with Gasteiger partial charge in [-0.2, -0.15) is 5.10 Å². The maximum Gasteiger partial charge on any atom is 0.248 e. The number of carbonyl (C=O) groups is 3. The topological polar surface area (TPSA) is 141 Å². The Bertz CT molecular complexity index is 1960. The van der Waals surface area contributed by atoms with Gasteiger partial charge in [0.1, 0.15) is 34.8 Å². The van der Waals surface area contributed by atoms with E-state index in [-0.39, 0.29) is 53.7 Å². The molecule has 12 nitrogen and oxygen atoms in total. The third-order valence-corrected chi connectivity index (χ3v) is 10.5. The molecule has 3 fully saturated rings. The number of aryl methyl sites for hydroxylation is 2. The number of anilines is 1. The SMILES string of the molecule is CC(=O)c1nn(CC(=O)N2[C@H](C(=O)Nc3nc(Br)ccc3C)C[C@@]3(C)C[C@@H]23)c2c(C)cc(-c3cnc(C(C)OC4CCCCO4)nc3)cc12. The highest BCUT2D eigenvalue weighted by molar-refractivity contribution is 9.10. The number of halogens is 1. The second-order valence-corrected chi connectivity index (χ2v) is 14.7. The first kappa shape index (κ1) is 33.4. The van der Waals surface area contributed by atoms with Crippen LogP contribution in [0.1, 0.15) is 86.4 Å². The predicted octanol–water partition coefficient (Wildman–Crippen LogP) is 6.09. The zero-order chi connectivity index (χ0) is 34.6. The number of likely N-dealkylation sites (tertiary alicyclic amines) is 1. The fourth-order valence-corrected chi connectivity index (χ4v) is 7.58. The van der Waals surface area contributed by atoms with Gasteiger partial charge in [-0.25, -0.2) is 15.0 Å². The number of ether oxygens (including phenoxy) is 2. The monoisotopic (exact) mass is 729 g/mol. The number of rotatable bonds is 9. The van der Waals surface area contributed by atoms with Crippen LogP contribution in [-0.4, -0.2) is 72.2 Å². The fraction of sp³-hybridized carbons (Fsp3) is 0.472. The smallest absolute Gasteiger partial charge is 0.248 e. The molecule has 2 unspecified atom stereocenters. The molecule has 2 saturated heterocycles. The molecule has 7 rings (SSSR count). The summed E-state index contributed by atoms with van der Waals surface area (Å²) in [6.07, 6.45) is 7.34. The normalized spacial score (nSPS) is 23.7. The first-order valence-electron chi connectivity index (χ1n) is 16.8. The molecule has 5 atom stereocenters. The number of fused-ring (bicyclic) bond motifs is 2. The molecular formula is C36H40BrN7O5. The Morgan fingerprint density at radius 2 is 1.88 bits per heavy atom. The summed E-state index contributed by atoms with van der Waals surface area (Å²) >= 11 is 3.37. The van der Waals surface area contributed by atoms with Gasteiger partial charge in [-0.05, 0) is 109 Å². The van der Waals surface area contributed by atoms with Gasteiger partial charge in [0.2, 0.25) is 11.8 Å². The molecule has 256 valence electrons. The van der Waals surface area contributed by atoms with Crippen LogP contribution in [0.3, 0.4) is 0 Å². The van der Waals surface area contributed by atoms with E-state index in [0.717, 1.165) is 47.9 Å². The number of aromatic nitrogens is 5. The van der Waals surface area contributed by atoms with Gasteiger partial charge in [0, 0.05) is 42.9 Å². The van der Waals surface area contributed by atoms with Crippen molar-refractivity contribution in [3.05, 3.63) is 63.9 Å². The summed E-state index contributed by atoms with van der Waals surface area (Å²) in [5.41, 5.74) is 4.15. The van der Waals surface area contributed by atoms with Gasteiger partial charge in [0.05, 0.1) is 5.52 Å². The quantitative estimate of drug-likeness (QED) is 0.160. The number of ketones is 1. The lowest BCUT2D eigenvalue weighted by molar-refractivity contribution is -0.187. The minimum absolute atomic E-state index is 0.0274. The first-order chi connectivity index (χ1) is 23.4. The molecular weight excluding hydrogens is 690 g/mol. The summed E-state index contributed by atoms with van der Waals surface area (Å²) in [5.74, 6) is 0.343. The van der Waals surface area contributed by atoms with Gasteiger partial charge in [-0.15, -0.1) is 0 Å². The van der Waals surface area contributed by atoms with E-state index < -0.39 is 6.04 Å². The molecule has 1 N–H and O–H groups in total. The second-order valence-electron chi connectivity index (χ2n) is 13.8. The highest BCUT2D eigenvalue weighted by atomic mass is 79.9. The number of pyridine rings is 1. The Morgan fingerprint density at radius 1 is 1.10 bits per heavy atom. The maximum atomic E-state index is 14.1. The number of benzene rings is 1. The van der Waals surface area contributed by atoms with Crippen LogP contribution in [0.4, 0.5) is 5.82 Å². The Labute approximate surface area is 293 Å². The van der Waals surface area contributed by atoms with E-state index in [0.29, 0.717) is 40.2 Å². The molecule has 1 aliphatic carbocycles. The van der Waals surface area contributed by atoms with Crippen LogP contribution in [0.25, 0.3) is 22.0 Å². The molecule has 3 aromatic heterocycles. The lowest BCUT2D eigenvalue weighted by Crippen LogP contribution is -2.47. The van der Waals surface area contributed by atoms with Crippen molar-refractivity contribution in [2.24, 2.45) is 5.41 Å². The van der Waals surface area contributed by atoms with Crippen molar-refractivity contribution in [2.75, 3.05) is 11.9 Å². The Hall–Kier alpha value is -4.07. The number of Topliss-reactive ketones (excluding diaryl/α,β-unsaturated/α-hetero) is 1. The number of nitrogens with zero attached hydrogens (tertiary/aromatic N) is 6. The molecule has 49 heavy (non-hydrogen) atoms. The van der Waals surface area contributed by atoms with Crippen molar-refractivity contribution in [2.45, 2.75) is 97.7 Å². The number of piperidine rings is 1. The standard InChI is InChI=1S/C36H40BrN7O5/c1-19-9-10-28(37)40-33(19)41-35(47)26-14-36(5)15-27(36)44(26)29(46)18-43-32-20(2)12-23(13-25(32)31(42-43)21(3)45)24-16-38-34(39-17-24)22(4)49-30-8-6-7-11-48-30/h9-10,12-13,16-17,22,26-27,30H,6-8,11,14-15,18H2,1-5H3,(H,40,41,47)/t22?,26-,27+,30?,36-/m0/s1. The van der Waals surface area contributed by atoms with Crippen molar-refractivity contribution in [1.82, 2.24) is 29.6 Å². The lowest BCUT2D eigenvalue weighted by Gasteiger charge is -2.27. The van der Waals surface area contributed by atoms with Gasteiger partial charge >= 0.3 is 0 Å². The average molecular weight is 731 g/mol. The minimum Gasteiger partial charge on any atom is -0.353 e. The van der Waals surface area contributed by atoms with E-state index >= 15 is 0 Å². The van der Waals surface area contributed by atoms with Gasteiger partial charge in [-0.3, -0.25) is 19.1 Å². The zero-order valence-electron chi connectivity index (χ0n) is 28.3. The molecule has 3 aliphatic rings. The largest absolute Gasteiger partial charge is 0.353 e. The third-order valence-electron chi connectivity index (χ3n) is 10.0. The summed E-state index contributed by atoms with van der Waals surface area (Å²) < 4.78 is 13.9. The molecule has 0 radical (unpaired) electrons. The number of hydrogen-bond acceptors (Lipinski definition) is 9. The van der Waals surface area contributed by atoms with E-state index in [1.54, 1.807) is 22.0 Å². The Balaban J connectivity index is 1.13. The van der Waals surface area contributed by atoms with Crippen LogP contribution in [0.2, 0.25) is 0 Å². The first-order valence-corrected chi connectivity index (χ1v) is 17.6. The van der Waals surface area contributed by atoms with Crippen LogP contribution in [-0.2, 0) is 25.6 Å². The second kappa shape index (κ2) is 13.0. The van der Waals surface area contributed by atoms with Crippen molar-refractivity contribution in [3.8, 4) is 11.1 Å². The Kier molecular flexibility index (Phi) is 8.87. The number of nitrogens with one attached hydrogen (secondary N) is 1. The molecule has 13 heteroatoms. The summed E-state index contributed by atoms with van der Waals surface area (Å²) in [7, 11) is 0. The summed E-state index contributed by atoms with van der Waals surface area (Å²) in [4.78, 5) is 55.8. The number of hydrogen-bond donors (Lipinski definition) is 1. The van der Waals surface area contributed by atoms with Crippen molar-refractivity contribution in [3.63, 3.8) is 0 Å². The van der Waals surface area contributed by atoms with Crippen molar-refractivity contribution < 1.29 is 23.9 Å². The molecule has 0 bridgehead atoms. The molecule has 5 heterocycles. The fourth-order valence-electron chi connectivity index (χ4n) is 7.27. The van der Waals surface area contributed by atoms with Crippen LogP contribution < -0.4 is 5.32 Å². The van der Waals surface area contributed by atoms with Gasteiger partial charge < -0.3 is 19.7 Å². The van der Waals surface area contributed by atoms with E-state index in [1.807, 2.05) is 45.0 Å². The molecule has 2 amide bonds. The van der Waals surface area contributed by atoms with Crippen molar-refractivity contribution >= 4 is 50.2 Å². The van der Waals surface area contributed by atoms with E-state index in [4.69, 9.17) is 9.47 Å². The van der Waals surface area contributed by atoms with Gasteiger partial charge in [0.25, 0.3) is 0 Å².